The number of anilines is 1. The first-order valence-corrected chi connectivity index (χ1v) is 11.6. The Balaban J connectivity index is 1.64. The van der Waals surface area contributed by atoms with Gasteiger partial charge in [-0.3, -0.25) is 4.98 Å². The Hall–Kier alpha value is -3.25. The van der Waals surface area contributed by atoms with E-state index in [1.807, 2.05) is 4.90 Å². The maximum Gasteiger partial charge on any atom is 0.573 e. The molecule has 33 heavy (non-hydrogen) atoms. The van der Waals surface area contributed by atoms with Crippen LogP contribution < -0.4 is 9.64 Å². The van der Waals surface area contributed by atoms with Crippen LogP contribution in [0.1, 0.15) is 5.69 Å². The van der Waals surface area contributed by atoms with Gasteiger partial charge < -0.3 is 14.4 Å². The van der Waals surface area contributed by atoms with E-state index in [-0.39, 0.29) is 16.4 Å². The number of hydrogen-bond donors (Lipinski definition) is 0. The molecule has 4 rings (SSSR count). The molecule has 0 amide bonds. The molecule has 3 heterocycles. The van der Waals surface area contributed by atoms with Crippen molar-refractivity contribution in [1.29, 1.82) is 0 Å². The molecule has 0 radical (unpaired) electrons. The zero-order chi connectivity index (χ0) is 23.5. The van der Waals surface area contributed by atoms with Gasteiger partial charge in [-0.15, -0.1) is 13.2 Å². The molecule has 174 valence electrons. The maximum atomic E-state index is 13.0. The molecule has 8 nitrogen and oxygen atoms in total. The van der Waals surface area contributed by atoms with Gasteiger partial charge in [-0.1, -0.05) is 6.07 Å². The van der Waals surface area contributed by atoms with Crippen LogP contribution in [0.4, 0.5) is 19.0 Å². The minimum absolute atomic E-state index is 0.150. The normalized spacial score (nSPS) is 14.8. The zero-order valence-corrected chi connectivity index (χ0v) is 18.0. The van der Waals surface area contributed by atoms with Gasteiger partial charge >= 0.3 is 6.36 Å². The van der Waals surface area contributed by atoms with Crippen LogP contribution in [0, 0.1) is 0 Å². The van der Waals surface area contributed by atoms with Gasteiger partial charge in [0, 0.05) is 25.4 Å². The smallest absolute Gasteiger partial charge is 0.406 e. The summed E-state index contributed by atoms with van der Waals surface area (Å²) in [6.45, 7) is 2.21. The van der Waals surface area contributed by atoms with Crippen LogP contribution in [-0.2, 0) is 20.3 Å². The van der Waals surface area contributed by atoms with Crippen molar-refractivity contribution in [2.45, 2.75) is 17.0 Å². The molecule has 0 N–H and O–H groups in total. The predicted molar refractivity (Wildman–Crippen MR) is 112 cm³/mol. The third-order valence-electron chi connectivity index (χ3n) is 4.75. The number of nitrogens with zero attached hydrogens (tertiary/aromatic N) is 4. The molecule has 0 bridgehead atoms. The number of rotatable bonds is 6. The molecule has 0 atom stereocenters. The number of halogens is 3. The average molecular weight is 480 g/mol. The van der Waals surface area contributed by atoms with Crippen molar-refractivity contribution in [3.8, 4) is 17.3 Å². The van der Waals surface area contributed by atoms with Gasteiger partial charge in [-0.2, -0.15) is 0 Å². The SMILES string of the molecule is O=S(=O)(Cc1cc(N2CCOCC2)nc(-c2ccccn2)n1)c1ccc(OC(F)(F)F)cc1. The van der Waals surface area contributed by atoms with Crippen molar-refractivity contribution in [1.82, 2.24) is 15.0 Å². The van der Waals surface area contributed by atoms with E-state index >= 15 is 0 Å². The molecule has 3 aromatic rings. The third kappa shape index (κ3) is 5.96. The van der Waals surface area contributed by atoms with Crippen molar-refractivity contribution >= 4 is 15.7 Å². The maximum absolute atomic E-state index is 13.0. The lowest BCUT2D eigenvalue weighted by atomic mass is 10.3. The van der Waals surface area contributed by atoms with Crippen molar-refractivity contribution < 1.29 is 31.1 Å². The molecular formula is C21H19F3N4O4S. The van der Waals surface area contributed by atoms with Gasteiger partial charge in [0.2, 0.25) is 0 Å². The summed E-state index contributed by atoms with van der Waals surface area (Å²) in [6, 6.07) is 10.9. The molecule has 2 aromatic heterocycles. The van der Waals surface area contributed by atoms with Gasteiger partial charge in [0.15, 0.2) is 15.7 Å². The van der Waals surface area contributed by atoms with E-state index in [0.717, 1.165) is 24.3 Å². The van der Waals surface area contributed by atoms with E-state index < -0.39 is 27.7 Å². The lowest BCUT2D eigenvalue weighted by molar-refractivity contribution is -0.274. The van der Waals surface area contributed by atoms with E-state index in [9.17, 15) is 21.6 Å². The monoisotopic (exact) mass is 480 g/mol. The first-order chi connectivity index (χ1) is 15.7. The predicted octanol–water partition coefficient (Wildman–Crippen LogP) is 3.25. The Morgan fingerprint density at radius 3 is 2.39 bits per heavy atom. The summed E-state index contributed by atoms with van der Waals surface area (Å²) >= 11 is 0. The van der Waals surface area contributed by atoms with Crippen molar-refractivity contribution in [2.24, 2.45) is 0 Å². The Morgan fingerprint density at radius 2 is 1.76 bits per heavy atom. The number of sulfone groups is 1. The molecule has 1 aliphatic heterocycles. The Kier molecular flexibility index (Phi) is 6.47. The molecule has 0 spiro atoms. The lowest BCUT2D eigenvalue weighted by Crippen LogP contribution is -2.37. The Morgan fingerprint density at radius 1 is 1.03 bits per heavy atom. The quantitative estimate of drug-likeness (QED) is 0.531. The first-order valence-electron chi connectivity index (χ1n) is 9.90. The summed E-state index contributed by atoms with van der Waals surface area (Å²) in [5.41, 5.74) is 0.725. The minimum atomic E-state index is -4.86. The van der Waals surface area contributed by atoms with Crippen LogP contribution in [0.5, 0.6) is 5.75 Å². The van der Waals surface area contributed by atoms with Gasteiger partial charge in [-0.25, -0.2) is 18.4 Å². The van der Waals surface area contributed by atoms with Crippen LogP contribution >= 0.6 is 0 Å². The summed E-state index contributed by atoms with van der Waals surface area (Å²) in [5.74, 6) is -0.145. The fraction of sp³-hybridized carbons (Fsp3) is 0.286. The first kappa shape index (κ1) is 22.9. The van der Waals surface area contributed by atoms with E-state index in [1.165, 1.54) is 0 Å². The van der Waals surface area contributed by atoms with Gasteiger partial charge in [0.25, 0.3) is 0 Å². The standard InChI is InChI=1S/C21H19F3N4O4S/c22-21(23,24)32-16-4-6-17(7-5-16)33(29,30)14-15-13-19(28-9-11-31-12-10-28)27-20(26-15)18-3-1-2-8-25-18/h1-8,13H,9-12,14H2. The molecule has 1 saturated heterocycles. The van der Waals surface area contributed by atoms with Gasteiger partial charge in [-0.05, 0) is 36.4 Å². The second-order valence-electron chi connectivity index (χ2n) is 7.13. The summed E-state index contributed by atoms with van der Waals surface area (Å²) in [7, 11) is -3.91. The highest BCUT2D eigenvalue weighted by atomic mass is 32.2. The average Bonchev–Trinajstić information content (AvgIpc) is 2.79. The molecule has 12 heteroatoms. The molecule has 1 fully saturated rings. The number of alkyl halides is 3. The van der Waals surface area contributed by atoms with Crippen LogP contribution in [0.25, 0.3) is 11.5 Å². The van der Waals surface area contributed by atoms with Crippen LogP contribution in [0.3, 0.4) is 0 Å². The van der Waals surface area contributed by atoms with Gasteiger partial charge in [0.1, 0.15) is 17.3 Å². The van der Waals surface area contributed by atoms with Crippen LogP contribution in [-0.4, -0.2) is 56.0 Å². The number of ether oxygens (including phenoxy) is 2. The number of morpholine rings is 1. The molecule has 0 unspecified atom stereocenters. The number of aromatic nitrogens is 3. The third-order valence-corrected chi connectivity index (χ3v) is 6.42. The van der Waals surface area contributed by atoms with Gasteiger partial charge in [0.05, 0.1) is 29.6 Å². The highest BCUT2D eigenvalue weighted by Crippen LogP contribution is 2.26. The number of pyridine rings is 1. The fourth-order valence-electron chi connectivity index (χ4n) is 3.25. The summed E-state index contributed by atoms with van der Waals surface area (Å²) in [4.78, 5) is 15.0. The molecule has 0 saturated carbocycles. The highest BCUT2D eigenvalue weighted by molar-refractivity contribution is 7.90. The fourth-order valence-corrected chi connectivity index (χ4v) is 4.50. The highest BCUT2D eigenvalue weighted by Gasteiger charge is 2.31. The van der Waals surface area contributed by atoms with Crippen molar-refractivity contribution in [2.75, 3.05) is 31.2 Å². The van der Waals surface area contributed by atoms with Crippen LogP contribution in [0.2, 0.25) is 0 Å². The Bertz CT molecular complexity index is 1200. The zero-order valence-electron chi connectivity index (χ0n) is 17.2. The van der Waals surface area contributed by atoms with E-state index in [0.29, 0.717) is 37.8 Å². The van der Waals surface area contributed by atoms with Crippen LogP contribution in [0.15, 0.2) is 59.6 Å². The number of hydrogen-bond acceptors (Lipinski definition) is 8. The Labute approximate surface area is 187 Å². The second kappa shape index (κ2) is 9.32. The largest absolute Gasteiger partial charge is 0.573 e. The summed E-state index contributed by atoms with van der Waals surface area (Å²) in [6.07, 6.45) is -3.28. The molecule has 0 aliphatic carbocycles. The van der Waals surface area contributed by atoms with E-state index in [2.05, 4.69) is 19.7 Å². The summed E-state index contributed by atoms with van der Waals surface area (Å²) in [5, 5.41) is 0. The molecule has 1 aromatic carbocycles. The molecule has 1 aliphatic rings. The number of benzene rings is 1. The minimum Gasteiger partial charge on any atom is -0.406 e. The van der Waals surface area contributed by atoms with E-state index in [4.69, 9.17) is 4.74 Å². The second-order valence-corrected chi connectivity index (χ2v) is 9.12. The van der Waals surface area contributed by atoms with Crippen molar-refractivity contribution in [3.63, 3.8) is 0 Å². The van der Waals surface area contributed by atoms with Crippen molar-refractivity contribution in [3.05, 3.63) is 60.4 Å². The topological polar surface area (TPSA) is 94.5 Å². The molecular weight excluding hydrogens is 461 g/mol. The van der Waals surface area contributed by atoms with E-state index in [1.54, 1.807) is 30.5 Å². The summed E-state index contributed by atoms with van der Waals surface area (Å²) < 4.78 is 72.2. The lowest BCUT2D eigenvalue weighted by Gasteiger charge is -2.28.